The van der Waals surface area contributed by atoms with Crippen LogP contribution in [0.1, 0.15) is 18.7 Å². The fourth-order valence-electron chi connectivity index (χ4n) is 2.48. The second-order valence-electron chi connectivity index (χ2n) is 6.67. The molecule has 0 spiro atoms. The predicted octanol–water partition coefficient (Wildman–Crippen LogP) is 4.40. The molecule has 2 heterocycles. The Kier molecular flexibility index (Phi) is 6.95. The van der Waals surface area contributed by atoms with E-state index in [2.05, 4.69) is 5.32 Å². The van der Waals surface area contributed by atoms with Crippen molar-refractivity contribution in [3.63, 3.8) is 0 Å². The van der Waals surface area contributed by atoms with Crippen LogP contribution >= 0.6 is 22.7 Å². The topological polar surface area (TPSA) is 68.3 Å². The summed E-state index contributed by atoms with van der Waals surface area (Å²) in [5.41, 5.74) is 1.82. The van der Waals surface area contributed by atoms with Crippen LogP contribution in [-0.2, 0) is 20.7 Å². The van der Waals surface area contributed by atoms with Crippen LogP contribution in [-0.4, -0.2) is 30.0 Å². The molecule has 0 unspecified atom stereocenters. The van der Waals surface area contributed by atoms with Crippen molar-refractivity contribution in [2.24, 2.45) is 5.92 Å². The molecular weight excluding hydrogens is 392 g/mol. The lowest BCUT2D eigenvalue weighted by Gasteiger charge is -2.08. The number of carbonyl (C=O) groups excluding carboxylic acids is 2. The maximum absolute atomic E-state index is 12.3. The third-order valence-corrected chi connectivity index (χ3v) is 5.83. The van der Waals surface area contributed by atoms with E-state index in [0.717, 1.165) is 26.0 Å². The summed E-state index contributed by atoms with van der Waals surface area (Å²) in [6.07, 6.45) is 0.0925. The van der Waals surface area contributed by atoms with Gasteiger partial charge in [0.2, 0.25) is 0 Å². The fourth-order valence-corrected chi connectivity index (χ4v) is 4.35. The molecule has 0 aliphatic carbocycles. The standard InChI is InChI=1S/C21H22N2O3S2/c1-14(2)12-22-18(24)13-26-19(25)11-17-20(16-9-6-10-27-16)23-21(28-17)15-7-4-3-5-8-15/h3-10,14H,11-13H2,1-2H3,(H,22,24). The Labute approximate surface area is 172 Å². The Morgan fingerprint density at radius 2 is 1.93 bits per heavy atom. The van der Waals surface area contributed by atoms with Crippen LogP contribution < -0.4 is 5.32 Å². The minimum absolute atomic E-state index is 0.0925. The fraction of sp³-hybridized carbons (Fsp3) is 0.286. The molecule has 5 nitrogen and oxygen atoms in total. The van der Waals surface area contributed by atoms with Crippen molar-refractivity contribution < 1.29 is 14.3 Å². The molecule has 1 N–H and O–H groups in total. The lowest BCUT2D eigenvalue weighted by Crippen LogP contribution is -2.31. The average Bonchev–Trinajstić information content (AvgIpc) is 3.35. The van der Waals surface area contributed by atoms with Crippen molar-refractivity contribution in [1.82, 2.24) is 10.3 Å². The minimum Gasteiger partial charge on any atom is -0.455 e. The molecule has 7 heteroatoms. The molecule has 3 aromatic rings. The van der Waals surface area contributed by atoms with Crippen molar-refractivity contribution >= 4 is 34.6 Å². The number of esters is 1. The molecule has 1 aromatic carbocycles. The zero-order valence-corrected chi connectivity index (χ0v) is 17.4. The molecule has 146 valence electrons. The second kappa shape index (κ2) is 9.61. The van der Waals surface area contributed by atoms with Crippen molar-refractivity contribution in [1.29, 1.82) is 0 Å². The number of nitrogens with zero attached hydrogens (tertiary/aromatic N) is 1. The lowest BCUT2D eigenvalue weighted by molar-refractivity contribution is -0.147. The molecular formula is C21H22N2O3S2. The molecule has 0 aliphatic rings. The lowest BCUT2D eigenvalue weighted by atomic mass is 10.2. The van der Waals surface area contributed by atoms with Gasteiger partial charge in [0.1, 0.15) is 5.01 Å². The highest BCUT2D eigenvalue weighted by molar-refractivity contribution is 7.17. The maximum Gasteiger partial charge on any atom is 0.311 e. The minimum atomic E-state index is -0.430. The summed E-state index contributed by atoms with van der Waals surface area (Å²) in [4.78, 5) is 30.7. The third kappa shape index (κ3) is 5.50. The molecule has 0 saturated heterocycles. The summed E-state index contributed by atoms with van der Waals surface area (Å²) in [5, 5.41) is 5.58. The molecule has 0 radical (unpaired) electrons. The Bertz CT molecular complexity index is 919. The Morgan fingerprint density at radius 1 is 1.14 bits per heavy atom. The van der Waals surface area contributed by atoms with Crippen LogP contribution in [0.2, 0.25) is 0 Å². The average molecular weight is 415 g/mol. The van der Waals surface area contributed by atoms with Crippen molar-refractivity contribution in [3.8, 4) is 21.1 Å². The number of thiophene rings is 1. The van der Waals surface area contributed by atoms with Gasteiger partial charge < -0.3 is 10.1 Å². The summed E-state index contributed by atoms with van der Waals surface area (Å²) < 4.78 is 5.16. The summed E-state index contributed by atoms with van der Waals surface area (Å²) in [7, 11) is 0. The van der Waals surface area contributed by atoms with Gasteiger partial charge in [-0.3, -0.25) is 9.59 Å². The van der Waals surface area contributed by atoms with Gasteiger partial charge in [0.05, 0.1) is 17.0 Å². The molecule has 2 aromatic heterocycles. The molecule has 3 rings (SSSR count). The van der Waals surface area contributed by atoms with E-state index >= 15 is 0 Å². The number of carbonyl (C=O) groups is 2. The first-order valence-electron chi connectivity index (χ1n) is 9.04. The van der Waals surface area contributed by atoms with Crippen molar-refractivity contribution in [2.45, 2.75) is 20.3 Å². The summed E-state index contributed by atoms with van der Waals surface area (Å²) >= 11 is 3.06. The van der Waals surface area contributed by atoms with Gasteiger partial charge in [-0.15, -0.1) is 22.7 Å². The van der Waals surface area contributed by atoms with Gasteiger partial charge in [-0.05, 0) is 17.4 Å². The molecule has 0 aliphatic heterocycles. The first-order valence-corrected chi connectivity index (χ1v) is 10.7. The first-order chi connectivity index (χ1) is 13.5. The van der Waals surface area contributed by atoms with Crippen LogP contribution in [0.4, 0.5) is 0 Å². The van der Waals surface area contributed by atoms with Gasteiger partial charge in [0.25, 0.3) is 5.91 Å². The molecule has 28 heavy (non-hydrogen) atoms. The molecule has 0 saturated carbocycles. The van der Waals surface area contributed by atoms with E-state index in [9.17, 15) is 9.59 Å². The summed E-state index contributed by atoms with van der Waals surface area (Å²) in [6, 6.07) is 13.8. The van der Waals surface area contributed by atoms with Gasteiger partial charge in [0, 0.05) is 17.0 Å². The van der Waals surface area contributed by atoms with E-state index in [4.69, 9.17) is 9.72 Å². The highest BCUT2D eigenvalue weighted by atomic mass is 32.1. The predicted molar refractivity (Wildman–Crippen MR) is 113 cm³/mol. The van der Waals surface area contributed by atoms with E-state index in [1.807, 2.05) is 61.7 Å². The van der Waals surface area contributed by atoms with Gasteiger partial charge in [-0.25, -0.2) is 4.98 Å². The summed E-state index contributed by atoms with van der Waals surface area (Å²) in [6.45, 7) is 4.32. The number of nitrogens with one attached hydrogen (secondary N) is 1. The van der Waals surface area contributed by atoms with Crippen molar-refractivity contribution in [3.05, 3.63) is 52.7 Å². The number of rotatable bonds is 8. The Hall–Kier alpha value is -2.51. The van der Waals surface area contributed by atoms with Crippen molar-refractivity contribution in [2.75, 3.05) is 13.2 Å². The number of amides is 1. The smallest absolute Gasteiger partial charge is 0.311 e. The number of thiazole rings is 1. The number of hydrogen-bond acceptors (Lipinski definition) is 6. The quantitative estimate of drug-likeness (QED) is 0.555. The number of aromatic nitrogens is 1. The van der Waals surface area contributed by atoms with Gasteiger partial charge in [-0.1, -0.05) is 50.2 Å². The number of ether oxygens (including phenoxy) is 1. The van der Waals surface area contributed by atoms with Crippen LogP contribution in [0.5, 0.6) is 0 Å². The zero-order valence-electron chi connectivity index (χ0n) is 15.8. The third-order valence-electron chi connectivity index (χ3n) is 3.85. The highest BCUT2D eigenvalue weighted by Gasteiger charge is 2.19. The SMILES string of the molecule is CC(C)CNC(=O)COC(=O)Cc1sc(-c2ccccc2)nc1-c1cccs1. The Morgan fingerprint density at radius 3 is 2.61 bits per heavy atom. The molecule has 0 atom stereocenters. The van der Waals surface area contributed by atoms with Crippen LogP contribution in [0.3, 0.4) is 0 Å². The number of benzene rings is 1. The molecule has 1 amide bonds. The largest absolute Gasteiger partial charge is 0.455 e. The van der Waals surface area contributed by atoms with E-state index in [1.54, 1.807) is 11.3 Å². The highest BCUT2D eigenvalue weighted by Crippen LogP contribution is 2.36. The van der Waals surface area contributed by atoms with Gasteiger partial charge >= 0.3 is 5.97 Å². The monoisotopic (exact) mass is 414 g/mol. The normalized spacial score (nSPS) is 10.8. The van der Waals surface area contributed by atoms with Gasteiger partial charge in [-0.2, -0.15) is 0 Å². The van der Waals surface area contributed by atoms with Crippen LogP contribution in [0.25, 0.3) is 21.1 Å². The van der Waals surface area contributed by atoms with E-state index in [-0.39, 0.29) is 18.9 Å². The number of hydrogen-bond donors (Lipinski definition) is 1. The van der Waals surface area contributed by atoms with E-state index < -0.39 is 5.97 Å². The zero-order chi connectivity index (χ0) is 19.9. The van der Waals surface area contributed by atoms with E-state index in [1.165, 1.54) is 11.3 Å². The summed E-state index contributed by atoms with van der Waals surface area (Å²) in [5.74, 6) is -0.364. The molecule has 0 fully saturated rings. The molecule has 0 bridgehead atoms. The second-order valence-corrected chi connectivity index (χ2v) is 8.70. The Balaban J connectivity index is 1.71. The van der Waals surface area contributed by atoms with Crippen LogP contribution in [0.15, 0.2) is 47.8 Å². The first kappa shape index (κ1) is 20.2. The maximum atomic E-state index is 12.3. The van der Waals surface area contributed by atoms with Crippen LogP contribution in [0, 0.1) is 5.92 Å². The van der Waals surface area contributed by atoms with Gasteiger partial charge in [0.15, 0.2) is 6.61 Å². The van der Waals surface area contributed by atoms with E-state index in [0.29, 0.717) is 12.5 Å².